The minimum atomic E-state index is -0.0820. The summed E-state index contributed by atoms with van der Waals surface area (Å²) < 4.78 is 4.98. The predicted octanol–water partition coefficient (Wildman–Crippen LogP) is 1.75. The number of hydrogen-bond acceptors (Lipinski definition) is 3. The zero-order valence-corrected chi connectivity index (χ0v) is 10.9. The molecule has 2 aliphatic rings. The number of nitrogens with zero attached hydrogens (tertiary/aromatic N) is 1. The number of methoxy groups -OCH3 is 1. The smallest absolute Gasteiger partial charge is 0.233 e. The van der Waals surface area contributed by atoms with E-state index in [1.165, 1.54) is 4.90 Å². The van der Waals surface area contributed by atoms with Gasteiger partial charge in [-0.15, -0.1) is 0 Å². The van der Waals surface area contributed by atoms with Gasteiger partial charge in [-0.3, -0.25) is 14.5 Å². The largest absolute Gasteiger partial charge is 0.385 e. The molecular weight excluding hydrogens is 230 g/mol. The second-order valence-electron chi connectivity index (χ2n) is 5.04. The quantitative estimate of drug-likeness (QED) is 0.410. The second-order valence-corrected chi connectivity index (χ2v) is 5.04. The Hall–Kier alpha value is -1.16. The van der Waals surface area contributed by atoms with Crippen LogP contribution >= 0.6 is 0 Å². The molecule has 4 nitrogen and oxygen atoms in total. The number of likely N-dealkylation sites (tertiary alicyclic amines) is 1. The summed E-state index contributed by atoms with van der Waals surface area (Å²) in [7, 11) is 1.69. The highest BCUT2D eigenvalue weighted by Crippen LogP contribution is 2.35. The van der Waals surface area contributed by atoms with Gasteiger partial charge < -0.3 is 4.74 Å². The third-order valence-corrected chi connectivity index (χ3v) is 3.83. The van der Waals surface area contributed by atoms with E-state index in [-0.39, 0.29) is 23.7 Å². The molecule has 1 saturated heterocycles. The predicted molar refractivity (Wildman–Crippen MR) is 67.8 cm³/mol. The maximum absolute atomic E-state index is 12.1. The zero-order valence-electron chi connectivity index (χ0n) is 10.9. The van der Waals surface area contributed by atoms with Crippen LogP contribution in [0.3, 0.4) is 0 Å². The number of rotatable bonds is 6. The van der Waals surface area contributed by atoms with E-state index < -0.39 is 0 Å². The summed E-state index contributed by atoms with van der Waals surface area (Å²) in [6.45, 7) is 1.32. The maximum atomic E-state index is 12.1. The zero-order chi connectivity index (χ0) is 13.0. The van der Waals surface area contributed by atoms with Crippen LogP contribution in [0.15, 0.2) is 12.2 Å². The van der Waals surface area contributed by atoms with Crippen molar-refractivity contribution in [2.45, 2.75) is 32.1 Å². The van der Waals surface area contributed by atoms with E-state index in [0.717, 1.165) is 38.7 Å². The lowest BCUT2D eigenvalue weighted by molar-refractivity contribution is -0.139. The Balaban J connectivity index is 1.83. The fraction of sp³-hybridized carbons (Fsp3) is 0.714. The van der Waals surface area contributed by atoms with Gasteiger partial charge in [-0.05, 0) is 32.1 Å². The first-order chi connectivity index (χ1) is 8.75. The van der Waals surface area contributed by atoms with Gasteiger partial charge in [0, 0.05) is 20.3 Å². The SMILES string of the molecule is COCCCCCN1C(=O)[C@@H]2CC=CC[C@H]2C1=O. The number of carbonyl (C=O) groups excluding carboxylic acids is 2. The van der Waals surface area contributed by atoms with Crippen LogP contribution in [-0.4, -0.2) is 37.0 Å². The van der Waals surface area contributed by atoms with Gasteiger partial charge in [-0.25, -0.2) is 0 Å². The molecule has 18 heavy (non-hydrogen) atoms. The van der Waals surface area contributed by atoms with Gasteiger partial charge in [0.25, 0.3) is 0 Å². The summed E-state index contributed by atoms with van der Waals surface area (Å²) >= 11 is 0. The minimum Gasteiger partial charge on any atom is -0.385 e. The number of imide groups is 1. The fourth-order valence-electron chi connectivity index (χ4n) is 2.78. The third-order valence-electron chi connectivity index (χ3n) is 3.83. The molecule has 1 heterocycles. The van der Waals surface area contributed by atoms with Crippen LogP contribution in [0.5, 0.6) is 0 Å². The van der Waals surface area contributed by atoms with Crippen molar-refractivity contribution in [2.24, 2.45) is 11.8 Å². The highest BCUT2D eigenvalue weighted by molar-refractivity contribution is 6.05. The molecule has 1 fully saturated rings. The van der Waals surface area contributed by atoms with Crippen LogP contribution in [-0.2, 0) is 14.3 Å². The fourth-order valence-corrected chi connectivity index (χ4v) is 2.78. The van der Waals surface area contributed by atoms with Crippen molar-refractivity contribution in [3.8, 4) is 0 Å². The Morgan fingerprint density at radius 1 is 1.11 bits per heavy atom. The Bertz CT molecular complexity index is 325. The van der Waals surface area contributed by atoms with Crippen molar-refractivity contribution in [2.75, 3.05) is 20.3 Å². The Morgan fingerprint density at radius 2 is 1.72 bits per heavy atom. The Kier molecular flexibility index (Phi) is 4.53. The summed E-state index contributed by atoms with van der Waals surface area (Å²) in [4.78, 5) is 25.7. The molecular formula is C14H21NO3. The van der Waals surface area contributed by atoms with Gasteiger partial charge in [0.15, 0.2) is 0 Å². The maximum Gasteiger partial charge on any atom is 0.233 e. The van der Waals surface area contributed by atoms with Gasteiger partial charge in [0.05, 0.1) is 11.8 Å². The summed E-state index contributed by atoms with van der Waals surface area (Å²) in [5.74, 6) is -0.0786. The van der Waals surface area contributed by atoms with E-state index >= 15 is 0 Å². The molecule has 0 aromatic rings. The van der Waals surface area contributed by atoms with Crippen LogP contribution in [0.1, 0.15) is 32.1 Å². The highest BCUT2D eigenvalue weighted by atomic mass is 16.5. The van der Waals surface area contributed by atoms with Crippen molar-refractivity contribution in [3.05, 3.63) is 12.2 Å². The molecule has 1 aliphatic heterocycles. The van der Waals surface area contributed by atoms with Gasteiger partial charge >= 0.3 is 0 Å². The summed E-state index contributed by atoms with van der Waals surface area (Å²) in [6, 6.07) is 0. The lowest BCUT2D eigenvalue weighted by Crippen LogP contribution is -2.32. The number of fused-ring (bicyclic) bond motifs is 1. The van der Waals surface area contributed by atoms with Gasteiger partial charge in [-0.1, -0.05) is 12.2 Å². The Labute approximate surface area is 108 Å². The molecule has 0 saturated carbocycles. The molecule has 2 amide bonds. The summed E-state index contributed by atoms with van der Waals surface area (Å²) in [5, 5.41) is 0. The first-order valence-electron chi connectivity index (χ1n) is 6.75. The van der Waals surface area contributed by atoms with Crippen LogP contribution < -0.4 is 0 Å². The van der Waals surface area contributed by atoms with Gasteiger partial charge in [0.1, 0.15) is 0 Å². The van der Waals surface area contributed by atoms with E-state index in [0.29, 0.717) is 6.54 Å². The Morgan fingerprint density at radius 3 is 2.28 bits per heavy atom. The molecule has 0 spiro atoms. The summed E-state index contributed by atoms with van der Waals surface area (Å²) in [5.41, 5.74) is 0. The second kappa shape index (κ2) is 6.14. The first-order valence-corrected chi connectivity index (χ1v) is 6.75. The van der Waals surface area contributed by atoms with E-state index in [1.807, 2.05) is 12.2 Å². The molecule has 100 valence electrons. The standard InChI is InChI=1S/C14H21NO3/c1-18-10-6-2-5-9-15-13(16)11-7-3-4-8-12(11)14(15)17/h3-4,11-12H,2,5-10H2,1H3/t11-,12-/m1/s1. The van der Waals surface area contributed by atoms with Crippen molar-refractivity contribution in [3.63, 3.8) is 0 Å². The molecule has 1 aliphatic carbocycles. The number of amides is 2. The van der Waals surface area contributed by atoms with Crippen LogP contribution in [0.2, 0.25) is 0 Å². The van der Waals surface area contributed by atoms with Gasteiger partial charge in [-0.2, -0.15) is 0 Å². The van der Waals surface area contributed by atoms with E-state index in [2.05, 4.69) is 0 Å². The van der Waals surface area contributed by atoms with Crippen molar-refractivity contribution in [1.29, 1.82) is 0 Å². The van der Waals surface area contributed by atoms with Crippen molar-refractivity contribution >= 4 is 11.8 Å². The molecule has 0 radical (unpaired) electrons. The van der Waals surface area contributed by atoms with Gasteiger partial charge in [0.2, 0.25) is 11.8 Å². The van der Waals surface area contributed by atoms with Crippen LogP contribution in [0.4, 0.5) is 0 Å². The van der Waals surface area contributed by atoms with E-state index in [4.69, 9.17) is 4.74 Å². The highest BCUT2D eigenvalue weighted by Gasteiger charge is 2.46. The average molecular weight is 251 g/mol. The first kappa shape index (κ1) is 13.3. The molecule has 0 unspecified atom stereocenters. The molecule has 0 N–H and O–H groups in total. The van der Waals surface area contributed by atoms with Crippen LogP contribution in [0.25, 0.3) is 0 Å². The van der Waals surface area contributed by atoms with Crippen molar-refractivity contribution < 1.29 is 14.3 Å². The van der Waals surface area contributed by atoms with E-state index in [9.17, 15) is 9.59 Å². The van der Waals surface area contributed by atoms with Crippen LogP contribution in [0, 0.1) is 11.8 Å². The topological polar surface area (TPSA) is 46.6 Å². The lowest BCUT2D eigenvalue weighted by Gasteiger charge is -2.14. The molecule has 0 aromatic heterocycles. The third kappa shape index (κ3) is 2.64. The van der Waals surface area contributed by atoms with Crippen molar-refractivity contribution in [1.82, 2.24) is 4.90 Å². The summed E-state index contributed by atoms with van der Waals surface area (Å²) in [6.07, 6.45) is 8.38. The molecule has 2 atom stereocenters. The molecule has 2 rings (SSSR count). The number of hydrogen-bond donors (Lipinski definition) is 0. The average Bonchev–Trinajstić information content (AvgIpc) is 2.64. The number of carbonyl (C=O) groups is 2. The number of allylic oxidation sites excluding steroid dienone is 2. The lowest BCUT2D eigenvalue weighted by atomic mass is 9.85. The van der Waals surface area contributed by atoms with E-state index in [1.54, 1.807) is 7.11 Å². The molecule has 0 bridgehead atoms. The number of ether oxygens (including phenoxy) is 1. The normalized spacial score (nSPS) is 26.8. The monoisotopic (exact) mass is 251 g/mol. The molecule has 0 aromatic carbocycles. The minimum absolute atomic E-state index is 0.0427. The number of unbranched alkanes of at least 4 members (excludes halogenated alkanes) is 2. The molecule has 4 heteroatoms.